The van der Waals surface area contributed by atoms with Gasteiger partial charge in [-0.1, -0.05) is 17.7 Å². The van der Waals surface area contributed by atoms with Crippen LogP contribution < -0.4 is 10.1 Å². The molecule has 0 unspecified atom stereocenters. The molecule has 0 atom stereocenters. The summed E-state index contributed by atoms with van der Waals surface area (Å²) in [6.45, 7) is 0.404. The van der Waals surface area contributed by atoms with Crippen LogP contribution >= 0.6 is 11.6 Å². The number of carbonyl (C=O) groups is 1. The topological polar surface area (TPSA) is 75.7 Å². The largest absolute Gasteiger partial charge is 0.497 e. The lowest BCUT2D eigenvalue weighted by atomic mass is 9.97. The number of hydrogen-bond acceptors (Lipinski definition) is 4. The molecule has 0 spiro atoms. The van der Waals surface area contributed by atoms with Gasteiger partial charge in [0.15, 0.2) is 0 Å². The summed E-state index contributed by atoms with van der Waals surface area (Å²) in [6, 6.07) is 10.4. The van der Waals surface area contributed by atoms with Crippen molar-refractivity contribution < 1.29 is 22.3 Å². The molecule has 28 heavy (non-hydrogen) atoms. The maximum absolute atomic E-state index is 13.3. The number of amides is 1. The van der Waals surface area contributed by atoms with Gasteiger partial charge in [0.2, 0.25) is 15.9 Å². The molecule has 2 aromatic carbocycles. The van der Waals surface area contributed by atoms with Crippen molar-refractivity contribution >= 4 is 33.2 Å². The second-order valence-corrected chi connectivity index (χ2v) is 8.82. The van der Waals surface area contributed by atoms with Gasteiger partial charge in [-0.05, 0) is 43.2 Å². The molecule has 1 amide bonds. The molecule has 3 rings (SSSR count). The lowest BCUT2D eigenvalue weighted by Crippen LogP contribution is -2.41. The first-order chi connectivity index (χ1) is 13.3. The van der Waals surface area contributed by atoms with E-state index < -0.39 is 15.8 Å². The number of rotatable bonds is 5. The van der Waals surface area contributed by atoms with Crippen LogP contribution in [0, 0.1) is 11.7 Å². The van der Waals surface area contributed by atoms with Crippen molar-refractivity contribution in [3.8, 4) is 5.75 Å². The fourth-order valence-electron chi connectivity index (χ4n) is 3.09. The van der Waals surface area contributed by atoms with Gasteiger partial charge >= 0.3 is 0 Å². The third-order valence-electron chi connectivity index (χ3n) is 4.69. The molecule has 1 aliphatic rings. The molecule has 1 N–H and O–H groups in total. The minimum Gasteiger partial charge on any atom is -0.497 e. The summed E-state index contributed by atoms with van der Waals surface area (Å²) in [7, 11) is -2.24. The summed E-state index contributed by atoms with van der Waals surface area (Å²) in [5.41, 5.74) is 0.625. The molecule has 0 radical (unpaired) electrons. The average Bonchev–Trinajstić information content (AvgIpc) is 2.70. The van der Waals surface area contributed by atoms with Crippen molar-refractivity contribution in [3.05, 3.63) is 53.3 Å². The van der Waals surface area contributed by atoms with Crippen LogP contribution in [0.1, 0.15) is 12.8 Å². The lowest BCUT2D eigenvalue weighted by molar-refractivity contribution is -0.120. The number of hydrogen-bond donors (Lipinski definition) is 1. The number of methoxy groups -OCH3 is 1. The fraction of sp³-hybridized carbons (Fsp3) is 0.316. The summed E-state index contributed by atoms with van der Waals surface area (Å²) >= 11 is 5.70. The van der Waals surface area contributed by atoms with Crippen LogP contribution in [0.3, 0.4) is 0 Å². The number of anilines is 1. The van der Waals surface area contributed by atoms with Crippen molar-refractivity contribution in [3.63, 3.8) is 0 Å². The molecule has 0 aliphatic carbocycles. The van der Waals surface area contributed by atoms with Crippen LogP contribution in [0.4, 0.5) is 10.1 Å². The van der Waals surface area contributed by atoms with Crippen LogP contribution in [0.15, 0.2) is 47.4 Å². The van der Waals surface area contributed by atoms with E-state index in [-0.39, 0.29) is 34.8 Å². The number of piperidine rings is 1. The number of sulfonamides is 1. The Morgan fingerprint density at radius 1 is 1.21 bits per heavy atom. The fourth-order valence-corrected chi connectivity index (χ4v) is 4.83. The first kappa shape index (κ1) is 20.6. The molecule has 0 aromatic heterocycles. The van der Waals surface area contributed by atoms with Crippen LogP contribution in [0.5, 0.6) is 5.75 Å². The number of halogens is 2. The summed E-state index contributed by atoms with van der Waals surface area (Å²) in [4.78, 5) is 12.4. The number of benzene rings is 2. The Hall–Kier alpha value is -2.16. The Morgan fingerprint density at radius 3 is 2.57 bits per heavy atom. The average molecular weight is 427 g/mol. The van der Waals surface area contributed by atoms with Crippen molar-refractivity contribution in [2.75, 3.05) is 25.5 Å². The third-order valence-corrected chi connectivity index (χ3v) is 6.88. The number of nitrogens with zero attached hydrogens (tertiary/aromatic N) is 1. The Morgan fingerprint density at radius 2 is 1.93 bits per heavy atom. The minimum absolute atomic E-state index is 0.0572. The predicted octanol–water partition coefficient (Wildman–Crippen LogP) is 3.53. The molecule has 6 nitrogen and oxygen atoms in total. The van der Waals surface area contributed by atoms with Gasteiger partial charge in [-0.2, -0.15) is 4.31 Å². The van der Waals surface area contributed by atoms with E-state index in [2.05, 4.69) is 5.32 Å². The monoisotopic (exact) mass is 426 g/mol. The zero-order chi connectivity index (χ0) is 20.3. The van der Waals surface area contributed by atoms with Gasteiger partial charge in [-0.3, -0.25) is 4.79 Å². The second kappa shape index (κ2) is 8.46. The molecule has 1 fully saturated rings. The van der Waals surface area contributed by atoms with E-state index in [0.717, 1.165) is 12.1 Å². The highest BCUT2D eigenvalue weighted by Gasteiger charge is 2.32. The molecule has 2 aromatic rings. The Labute approximate surface area is 168 Å². The first-order valence-electron chi connectivity index (χ1n) is 8.71. The molecule has 9 heteroatoms. The molecule has 1 heterocycles. The van der Waals surface area contributed by atoms with E-state index in [1.165, 1.54) is 10.4 Å². The Bertz CT molecular complexity index is 976. The van der Waals surface area contributed by atoms with E-state index in [9.17, 15) is 17.6 Å². The van der Waals surface area contributed by atoms with E-state index >= 15 is 0 Å². The van der Waals surface area contributed by atoms with Crippen LogP contribution in [0.2, 0.25) is 5.02 Å². The highest BCUT2D eigenvalue weighted by molar-refractivity contribution is 7.89. The van der Waals surface area contributed by atoms with Gasteiger partial charge in [-0.25, -0.2) is 12.8 Å². The highest BCUT2D eigenvalue weighted by atomic mass is 35.5. The third kappa shape index (κ3) is 4.45. The van der Waals surface area contributed by atoms with Gasteiger partial charge in [-0.15, -0.1) is 0 Å². The molecule has 1 saturated heterocycles. The highest BCUT2D eigenvalue weighted by Crippen LogP contribution is 2.27. The maximum Gasteiger partial charge on any atom is 0.243 e. The van der Waals surface area contributed by atoms with Crippen molar-refractivity contribution in [2.24, 2.45) is 5.92 Å². The van der Waals surface area contributed by atoms with E-state index in [0.29, 0.717) is 24.3 Å². The van der Waals surface area contributed by atoms with Gasteiger partial charge in [0, 0.05) is 30.8 Å². The number of carbonyl (C=O) groups excluding carboxylic acids is 1. The predicted molar refractivity (Wildman–Crippen MR) is 105 cm³/mol. The number of ether oxygens (including phenoxy) is 1. The molecule has 0 bridgehead atoms. The van der Waals surface area contributed by atoms with Crippen LogP contribution in [-0.4, -0.2) is 38.8 Å². The Balaban J connectivity index is 1.63. The first-order valence-corrected chi connectivity index (χ1v) is 10.5. The summed E-state index contributed by atoms with van der Waals surface area (Å²) < 4.78 is 45.2. The zero-order valence-corrected chi connectivity index (χ0v) is 16.8. The molecular weight excluding hydrogens is 407 g/mol. The lowest BCUT2D eigenvalue weighted by Gasteiger charge is -2.30. The Kier molecular flexibility index (Phi) is 6.22. The summed E-state index contributed by atoms with van der Waals surface area (Å²) in [5, 5.41) is 2.60. The second-order valence-electron chi connectivity index (χ2n) is 6.48. The van der Waals surface area contributed by atoms with E-state index in [4.69, 9.17) is 16.3 Å². The van der Waals surface area contributed by atoms with Crippen LogP contribution in [0.25, 0.3) is 0 Å². The number of nitrogens with one attached hydrogen (secondary N) is 1. The molecule has 1 aliphatic heterocycles. The quantitative estimate of drug-likeness (QED) is 0.793. The van der Waals surface area contributed by atoms with Gasteiger partial charge < -0.3 is 10.1 Å². The van der Waals surface area contributed by atoms with Crippen LogP contribution in [-0.2, 0) is 14.8 Å². The standard InChI is InChI=1S/C19H20ClFN2O4S/c1-27-15-4-2-3-14(11-15)22-19(24)13-7-9-23(10-8-13)28(25,26)16-5-6-18(21)17(20)12-16/h2-6,11-13H,7-10H2,1H3,(H,22,24). The molecule has 0 saturated carbocycles. The SMILES string of the molecule is COc1cccc(NC(=O)C2CCN(S(=O)(=O)c3ccc(F)c(Cl)c3)CC2)c1. The van der Waals surface area contributed by atoms with Gasteiger partial charge in [0.05, 0.1) is 17.0 Å². The zero-order valence-electron chi connectivity index (χ0n) is 15.2. The molecular formula is C19H20ClFN2O4S. The van der Waals surface area contributed by atoms with E-state index in [1.807, 2.05) is 0 Å². The van der Waals surface area contributed by atoms with E-state index in [1.54, 1.807) is 31.4 Å². The summed E-state index contributed by atoms with van der Waals surface area (Å²) in [6.07, 6.45) is 0.786. The van der Waals surface area contributed by atoms with Crippen molar-refractivity contribution in [1.29, 1.82) is 0 Å². The molecule has 150 valence electrons. The van der Waals surface area contributed by atoms with Crippen molar-refractivity contribution in [1.82, 2.24) is 4.31 Å². The van der Waals surface area contributed by atoms with Gasteiger partial charge in [0.25, 0.3) is 0 Å². The normalized spacial score (nSPS) is 16.0. The summed E-state index contributed by atoms with van der Waals surface area (Å²) in [5.74, 6) is -0.491. The minimum atomic E-state index is -3.78. The maximum atomic E-state index is 13.3. The van der Waals surface area contributed by atoms with Gasteiger partial charge in [0.1, 0.15) is 11.6 Å². The van der Waals surface area contributed by atoms with Crippen molar-refractivity contribution in [2.45, 2.75) is 17.7 Å². The smallest absolute Gasteiger partial charge is 0.243 e.